The van der Waals surface area contributed by atoms with Crippen molar-refractivity contribution in [3.05, 3.63) is 59.7 Å². The van der Waals surface area contributed by atoms with Crippen LogP contribution in [-0.2, 0) is 9.53 Å². The highest BCUT2D eigenvalue weighted by Crippen LogP contribution is 2.39. The Bertz CT molecular complexity index is 782. The van der Waals surface area contributed by atoms with Crippen LogP contribution in [0.25, 0.3) is 10.2 Å². The maximum Gasteiger partial charge on any atom is 0.186 e. The second kappa shape index (κ2) is 4.95. The van der Waals surface area contributed by atoms with Crippen LogP contribution in [0, 0.1) is 0 Å². The highest BCUT2D eigenvalue weighted by Gasteiger charge is 2.31. The molecule has 2 aromatic carbocycles. The number of rotatable bonds is 3. The molecule has 0 saturated carbocycles. The molecule has 4 nitrogen and oxygen atoms in total. The van der Waals surface area contributed by atoms with Gasteiger partial charge in [-0.15, -0.1) is 0 Å². The number of anilines is 1. The first-order valence-electron chi connectivity index (χ1n) is 6.67. The number of aromatic nitrogens is 1. The Labute approximate surface area is 125 Å². The molecule has 1 aliphatic heterocycles. The zero-order valence-corrected chi connectivity index (χ0v) is 11.8. The molecule has 3 aromatic rings. The third-order valence-corrected chi connectivity index (χ3v) is 4.51. The van der Waals surface area contributed by atoms with Crippen LogP contribution in [0.4, 0.5) is 5.13 Å². The first-order chi connectivity index (χ1) is 10.3. The summed E-state index contributed by atoms with van der Waals surface area (Å²) in [4.78, 5) is 15.7. The van der Waals surface area contributed by atoms with Crippen LogP contribution < -0.4 is 5.32 Å². The van der Waals surface area contributed by atoms with Gasteiger partial charge in [-0.1, -0.05) is 47.7 Å². The summed E-state index contributed by atoms with van der Waals surface area (Å²) >= 11 is 1.58. The van der Waals surface area contributed by atoms with E-state index in [1.807, 2.05) is 48.5 Å². The van der Waals surface area contributed by atoms with Crippen molar-refractivity contribution in [1.82, 2.24) is 4.98 Å². The fourth-order valence-corrected chi connectivity index (χ4v) is 3.45. The lowest BCUT2D eigenvalue weighted by Crippen LogP contribution is -2.09. The third-order valence-electron chi connectivity index (χ3n) is 3.54. The SMILES string of the molecule is O=CC1OC(Nc2nc3ccccc3s2)c2ccccc21. The van der Waals surface area contributed by atoms with Gasteiger partial charge in [0.05, 0.1) is 10.2 Å². The molecule has 1 N–H and O–H groups in total. The molecule has 2 heterocycles. The molecule has 0 saturated heterocycles. The third kappa shape index (κ3) is 2.11. The standard InChI is InChI=1S/C16H12N2O2S/c19-9-13-10-5-1-2-6-11(10)15(20-13)18-16-17-12-7-3-4-8-14(12)21-16/h1-9,13,15H,(H,17,18). The lowest BCUT2D eigenvalue weighted by Gasteiger charge is -2.12. The van der Waals surface area contributed by atoms with Crippen LogP contribution in [0.1, 0.15) is 23.5 Å². The number of hydrogen-bond acceptors (Lipinski definition) is 5. The normalized spacial score (nSPS) is 20.4. The lowest BCUT2D eigenvalue weighted by atomic mass is 10.1. The highest BCUT2D eigenvalue weighted by molar-refractivity contribution is 7.22. The van der Waals surface area contributed by atoms with Crippen LogP contribution in [0.3, 0.4) is 0 Å². The Kier molecular flexibility index (Phi) is 2.94. The average molecular weight is 296 g/mol. The monoisotopic (exact) mass is 296 g/mol. The maximum atomic E-state index is 11.1. The number of aldehydes is 1. The zero-order chi connectivity index (χ0) is 14.2. The number of nitrogens with zero attached hydrogens (tertiary/aromatic N) is 1. The number of nitrogens with one attached hydrogen (secondary N) is 1. The summed E-state index contributed by atoms with van der Waals surface area (Å²) in [6.07, 6.45) is -0.0103. The van der Waals surface area contributed by atoms with Gasteiger partial charge in [-0.25, -0.2) is 4.98 Å². The molecule has 0 fully saturated rings. The van der Waals surface area contributed by atoms with Gasteiger partial charge in [-0.2, -0.15) is 0 Å². The van der Waals surface area contributed by atoms with Crippen molar-refractivity contribution in [2.75, 3.05) is 5.32 Å². The van der Waals surface area contributed by atoms with E-state index in [1.54, 1.807) is 11.3 Å². The number of benzene rings is 2. The van der Waals surface area contributed by atoms with Gasteiger partial charge in [0.2, 0.25) is 0 Å². The molecule has 4 rings (SSSR count). The van der Waals surface area contributed by atoms with Gasteiger partial charge >= 0.3 is 0 Å². The summed E-state index contributed by atoms with van der Waals surface area (Å²) in [5, 5.41) is 4.07. The summed E-state index contributed by atoms with van der Waals surface area (Å²) < 4.78 is 6.89. The predicted octanol–water partition coefficient (Wildman–Crippen LogP) is 3.68. The van der Waals surface area contributed by atoms with Gasteiger partial charge in [0.25, 0.3) is 0 Å². The van der Waals surface area contributed by atoms with Gasteiger partial charge in [-0.05, 0) is 17.7 Å². The molecule has 0 bridgehead atoms. The van der Waals surface area contributed by atoms with E-state index in [2.05, 4.69) is 10.3 Å². The maximum absolute atomic E-state index is 11.1. The van der Waals surface area contributed by atoms with E-state index in [1.165, 1.54) is 0 Å². The van der Waals surface area contributed by atoms with Crippen LogP contribution in [0.5, 0.6) is 0 Å². The number of carbonyl (C=O) groups excluding carboxylic acids is 1. The molecule has 5 heteroatoms. The molecular formula is C16H12N2O2S. The quantitative estimate of drug-likeness (QED) is 0.749. The van der Waals surface area contributed by atoms with Crippen molar-refractivity contribution in [1.29, 1.82) is 0 Å². The topological polar surface area (TPSA) is 51.2 Å². The minimum Gasteiger partial charge on any atom is -0.339 e. The van der Waals surface area contributed by atoms with Gasteiger partial charge in [-0.3, -0.25) is 0 Å². The predicted molar refractivity (Wildman–Crippen MR) is 82.3 cm³/mol. The largest absolute Gasteiger partial charge is 0.339 e. The van der Waals surface area contributed by atoms with E-state index in [-0.39, 0.29) is 6.23 Å². The summed E-state index contributed by atoms with van der Waals surface area (Å²) in [5.41, 5.74) is 2.88. The summed E-state index contributed by atoms with van der Waals surface area (Å²) in [6.45, 7) is 0. The van der Waals surface area contributed by atoms with Gasteiger partial charge in [0, 0.05) is 5.56 Å². The van der Waals surface area contributed by atoms with Crippen LogP contribution in [0.2, 0.25) is 0 Å². The number of carbonyl (C=O) groups is 1. The number of para-hydroxylation sites is 1. The molecule has 1 aromatic heterocycles. The molecule has 2 atom stereocenters. The second-order valence-electron chi connectivity index (χ2n) is 4.83. The first-order valence-corrected chi connectivity index (χ1v) is 7.48. The van der Waals surface area contributed by atoms with Crippen molar-refractivity contribution < 1.29 is 9.53 Å². The molecule has 2 unspecified atom stereocenters. The Balaban J connectivity index is 1.67. The van der Waals surface area contributed by atoms with Gasteiger partial charge in [0.15, 0.2) is 17.6 Å². The van der Waals surface area contributed by atoms with Crippen LogP contribution in [-0.4, -0.2) is 11.3 Å². The van der Waals surface area contributed by atoms with Crippen molar-refractivity contribution in [3.63, 3.8) is 0 Å². The fourth-order valence-electron chi connectivity index (χ4n) is 2.57. The van der Waals surface area contributed by atoms with E-state index in [9.17, 15) is 4.79 Å². The zero-order valence-electron chi connectivity index (χ0n) is 11.0. The smallest absolute Gasteiger partial charge is 0.186 e. The minimum absolute atomic E-state index is 0.336. The van der Waals surface area contributed by atoms with E-state index in [0.29, 0.717) is 0 Å². The molecule has 1 aliphatic rings. The number of fused-ring (bicyclic) bond motifs is 2. The van der Waals surface area contributed by atoms with Gasteiger partial charge in [0.1, 0.15) is 6.10 Å². The highest BCUT2D eigenvalue weighted by atomic mass is 32.1. The first kappa shape index (κ1) is 12.5. The Morgan fingerprint density at radius 3 is 2.67 bits per heavy atom. The molecule has 0 spiro atoms. The molecule has 21 heavy (non-hydrogen) atoms. The van der Waals surface area contributed by atoms with Crippen LogP contribution >= 0.6 is 11.3 Å². The van der Waals surface area contributed by atoms with Crippen molar-refractivity contribution in [2.45, 2.75) is 12.3 Å². The molecule has 0 radical (unpaired) electrons. The molecule has 0 amide bonds. The summed E-state index contributed by atoms with van der Waals surface area (Å²) in [5.74, 6) is 0. The average Bonchev–Trinajstić information content (AvgIpc) is 3.08. The minimum atomic E-state index is -0.506. The second-order valence-corrected chi connectivity index (χ2v) is 5.86. The van der Waals surface area contributed by atoms with Crippen molar-refractivity contribution >= 4 is 33.0 Å². The summed E-state index contributed by atoms with van der Waals surface area (Å²) in [7, 11) is 0. The van der Waals surface area contributed by atoms with Gasteiger partial charge < -0.3 is 14.8 Å². The number of hydrogen-bond donors (Lipinski definition) is 1. The Hall–Kier alpha value is -2.24. The van der Waals surface area contributed by atoms with E-state index in [0.717, 1.165) is 32.8 Å². The van der Waals surface area contributed by atoms with E-state index < -0.39 is 6.10 Å². The Morgan fingerprint density at radius 2 is 1.86 bits per heavy atom. The van der Waals surface area contributed by atoms with E-state index >= 15 is 0 Å². The summed E-state index contributed by atoms with van der Waals surface area (Å²) in [6, 6.07) is 15.7. The molecule has 0 aliphatic carbocycles. The Morgan fingerprint density at radius 1 is 1.10 bits per heavy atom. The molecular weight excluding hydrogens is 284 g/mol. The lowest BCUT2D eigenvalue weighted by molar-refractivity contribution is -0.119. The van der Waals surface area contributed by atoms with E-state index in [4.69, 9.17) is 4.74 Å². The molecule has 104 valence electrons. The fraction of sp³-hybridized carbons (Fsp3) is 0.125. The van der Waals surface area contributed by atoms with Crippen molar-refractivity contribution in [3.8, 4) is 0 Å². The van der Waals surface area contributed by atoms with Crippen LogP contribution in [0.15, 0.2) is 48.5 Å². The number of ether oxygens (including phenoxy) is 1. The van der Waals surface area contributed by atoms with Crippen molar-refractivity contribution in [2.24, 2.45) is 0 Å². The number of thiazole rings is 1.